The standard InChI is InChI=1S/C15H18N4OS/c1-15(2,10-20)21-14(18-16)19(17)13-9-5-7-11-6-3-4-8-12(11)13/h3-10H,16-17H2,1-2H3/b18-14+. The maximum atomic E-state index is 11.1. The summed E-state index contributed by atoms with van der Waals surface area (Å²) >= 11 is 1.22. The quantitative estimate of drug-likeness (QED) is 0.299. The molecule has 0 bridgehead atoms. The third kappa shape index (κ3) is 3.34. The van der Waals surface area contributed by atoms with Crippen molar-refractivity contribution in [3.8, 4) is 0 Å². The Morgan fingerprint density at radius 2 is 1.90 bits per heavy atom. The van der Waals surface area contributed by atoms with Gasteiger partial charge in [0.25, 0.3) is 0 Å². The van der Waals surface area contributed by atoms with E-state index in [2.05, 4.69) is 5.10 Å². The van der Waals surface area contributed by atoms with Gasteiger partial charge < -0.3 is 10.6 Å². The van der Waals surface area contributed by atoms with Crippen LogP contribution in [-0.2, 0) is 4.79 Å². The zero-order valence-electron chi connectivity index (χ0n) is 12.0. The molecule has 0 fully saturated rings. The highest BCUT2D eigenvalue weighted by atomic mass is 32.2. The van der Waals surface area contributed by atoms with Crippen molar-refractivity contribution in [3.05, 3.63) is 42.5 Å². The highest BCUT2D eigenvalue weighted by Crippen LogP contribution is 2.30. The maximum absolute atomic E-state index is 11.1. The summed E-state index contributed by atoms with van der Waals surface area (Å²) in [6.45, 7) is 3.57. The number of nitrogens with zero attached hydrogens (tertiary/aromatic N) is 2. The van der Waals surface area contributed by atoms with Gasteiger partial charge in [-0.1, -0.05) is 48.2 Å². The minimum Gasteiger partial charge on any atom is -0.321 e. The van der Waals surface area contributed by atoms with Crippen molar-refractivity contribution in [1.29, 1.82) is 0 Å². The third-order valence-electron chi connectivity index (χ3n) is 2.98. The number of rotatable bonds is 3. The number of aldehydes is 1. The number of fused-ring (bicyclic) bond motifs is 1. The van der Waals surface area contributed by atoms with Crippen molar-refractivity contribution in [2.24, 2.45) is 16.8 Å². The van der Waals surface area contributed by atoms with Gasteiger partial charge in [0, 0.05) is 5.39 Å². The largest absolute Gasteiger partial charge is 0.321 e. The molecule has 0 spiro atoms. The molecule has 0 amide bonds. The summed E-state index contributed by atoms with van der Waals surface area (Å²) in [5.41, 5.74) is 0.784. The van der Waals surface area contributed by atoms with E-state index in [4.69, 9.17) is 11.7 Å². The number of carbonyl (C=O) groups is 1. The van der Waals surface area contributed by atoms with Crippen LogP contribution in [0.2, 0.25) is 0 Å². The van der Waals surface area contributed by atoms with Crippen LogP contribution in [0.25, 0.3) is 10.8 Å². The number of anilines is 1. The van der Waals surface area contributed by atoms with E-state index in [-0.39, 0.29) is 0 Å². The summed E-state index contributed by atoms with van der Waals surface area (Å²) in [4.78, 5) is 11.1. The molecule has 2 aromatic rings. The number of hydrazone groups is 1. The van der Waals surface area contributed by atoms with Gasteiger partial charge in [0.05, 0.1) is 10.4 Å². The van der Waals surface area contributed by atoms with Gasteiger partial charge in [0.15, 0.2) is 0 Å². The second-order valence-electron chi connectivity index (χ2n) is 5.10. The molecular formula is C15H18N4OS. The summed E-state index contributed by atoms with van der Waals surface area (Å²) in [5, 5.41) is 7.58. The number of benzene rings is 2. The number of hydrogen-bond donors (Lipinski definition) is 2. The van der Waals surface area contributed by atoms with Gasteiger partial charge in [-0.15, -0.1) is 0 Å². The van der Waals surface area contributed by atoms with Crippen molar-refractivity contribution in [1.82, 2.24) is 0 Å². The molecule has 0 radical (unpaired) electrons. The molecular weight excluding hydrogens is 284 g/mol. The minimum atomic E-state index is -0.652. The number of thioether (sulfide) groups is 1. The lowest BCUT2D eigenvalue weighted by Crippen LogP contribution is -2.39. The van der Waals surface area contributed by atoms with E-state index in [9.17, 15) is 4.79 Å². The van der Waals surface area contributed by atoms with Gasteiger partial charge in [-0.2, -0.15) is 5.10 Å². The second-order valence-corrected chi connectivity index (χ2v) is 6.72. The Hall–Kier alpha value is -2.05. The fourth-order valence-electron chi connectivity index (χ4n) is 1.92. The molecule has 2 rings (SSSR count). The molecule has 5 nitrogen and oxygen atoms in total. The lowest BCUT2D eigenvalue weighted by atomic mass is 10.1. The molecule has 110 valence electrons. The van der Waals surface area contributed by atoms with E-state index in [0.29, 0.717) is 5.17 Å². The van der Waals surface area contributed by atoms with Crippen LogP contribution in [-0.4, -0.2) is 16.2 Å². The maximum Gasteiger partial charge on any atom is 0.202 e. The van der Waals surface area contributed by atoms with Crippen LogP contribution in [0.4, 0.5) is 5.69 Å². The van der Waals surface area contributed by atoms with Crippen molar-refractivity contribution in [3.63, 3.8) is 0 Å². The minimum absolute atomic E-state index is 0.378. The molecule has 4 N–H and O–H groups in total. The smallest absolute Gasteiger partial charge is 0.202 e. The Morgan fingerprint density at radius 3 is 2.57 bits per heavy atom. The lowest BCUT2D eigenvalue weighted by Gasteiger charge is -2.25. The number of amidine groups is 1. The summed E-state index contributed by atoms with van der Waals surface area (Å²) in [7, 11) is 0. The van der Waals surface area contributed by atoms with E-state index in [1.165, 1.54) is 16.8 Å². The Bertz CT molecular complexity index is 679. The van der Waals surface area contributed by atoms with Crippen LogP contribution >= 0.6 is 11.8 Å². The zero-order chi connectivity index (χ0) is 15.5. The highest BCUT2D eigenvalue weighted by Gasteiger charge is 2.24. The SMILES string of the molecule is CC(C)(C=O)S/C(=N/N)N(N)c1cccc2ccccc12. The van der Waals surface area contributed by atoms with Crippen LogP contribution in [0.5, 0.6) is 0 Å². The summed E-state index contributed by atoms with van der Waals surface area (Å²) in [6.07, 6.45) is 0.847. The van der Waals surface area contributed by atoms with Crippen molar-refractivity contribution < 1.29 is 4.79 Å². The van der Waals surface area contributed by atoms with Gasteiger partial charge in [0.1, 0.15) is 6.29 Å². The van der Waals surface area contributed by atoms with Gasteiger partial charge in [0.2, 0.25) is 5.17 Å². The molecule has 0 aliphatic carbocycles. The first-order valence-corrected chi connectivity index (χ1v) is 7.26. The van der Waals surface area contributed by atoms with Crippen LogP contribution in [0.15, 0.2) is 47.6 Å². The Morgan fingerprint density at radius 1 is 1.24 bits per heavy atom. The third-order valence-corrected chi connectivity index (χ3v) is 4.09. The van der Waals surface area contributed by atoms with Gasteiger partial charge in [-0.05, 0) is 25.3 Å². The van der Waals surface area contributed by atoms with Gasteiger partial charge in [-0.3, -0.25) is 5.01 Å². The molecule has 0 saturated heterocycles. The molecule has 0 atom stereocenters. The monoisotopic (exact) mass is 302 g/mol. The van der Waals surface area contributed by atoms with Crippen LogP contribution in [0.3, 0.4) is 0 Å². The first-order valence-electron chi connectivity index (χ1n) is 6.44. The number of carbonyl (C=O) groups excluding carboxylic acids is 1. The number of nitrogens with two attached hydrogens (primary N) is 2. The fourth-order valence-corrected chi connectivity index (χ4v) is 2.69. The van der Waals surface area contributed by atoms with E-state index in [0.717, 1.165) is 22.7 Å². The van der Waals surface area contributed by atoms with Crippen molar-refractivity contribution >= 4 is 39.7 Å². The number of hydrazine groups is 1. The Labute approximate surface area is 127 Å². The Balaban J connectivity index is 2.41. The normalized spacial score (nSPS) is 12.4. The first kappa shape index (κ1) is 15.3. The highest BCUT2D eigenvalue weighted by molar-refractivity contribution is 8.15. The summed E-state index contributed by atoms with van der Waals surface area (Å²) < 4.78 is -0.652. The molecule has 2 aromatic carbocycles. The predicted molar refractivity (Wildman–Crippen MR) is 90.0 cm³/mol. The van der Waals surface area contributed by atoms with Gasteiger partial charge in [-0.25, -0.2) is 5.84 Å². The number of hydrogen-bond acceptors (Lipinski definition) is 5. The van der Waals surface area contributed by atoms with Crippen molar-refractivity contribution in [2.75, 3.05) is 5.01 Å². The van der Waals surface area contributed by atoms with E-state index >= 15 is 0 Å². The molecule has 0 saturated carbocycles. The molecule has 0 aliphatic heterocycles. The average Bonchev–Trinajstić information content (AvgIpc) is 2.51. The molecule has 6 heteroatoms. The average molecular weight is 302 g/mol. The second kappa shape index (κ2) is 6.15. The topological polar surface area (TPSA) is 84.7 Å². The van der Waals surface area contributed by atoms with E-state index in [1.807, 2.05) is 42.5 Å². The zero-order valence-corrected chi connectivity index (χ0v) is 12.8. The van der Waals surface area contributed by atoms with E-state index < -0.39 is 4.75 Å². The van der Waals surface area contributed by atoms with Gasteiger partial charge >= 0.3 is 0 Å². The Kier molecular flexibility index (Phi) is 4.50. The molecule has 0 aliphatic rings. The summed E-state index contributed by atoms with van der Waals surface area (Å²) in [6, 6.07) is 13.7. The first-order chi connectivity index (χ1) is 9.98. The van der Waals surface area contributed by atoms with E-state index in [1.54, 1.807) is 13.8 Å². The van der Waals surface area contributed by atoms with Crippen LogP contribution in [0, 0.1) is 0 Å². The lowest BCUT2D eigenvalue weighted by molar-refractivity contribution is -0.109. The van der Waals surface area contributed by atoms with Crippen molar-refractivity contribution in [2.45, 2.75) is 18.6 Å². The molecule has 21 heavy (non-hydrogen) atoms. The molecule has 0 aromatic heterocycles. The molecule has 0 heterocycles. The van der Waals surface area contributed by atoms with Crippen LogP contribution < -0.4 is 16.7 Å². The predicted octanol–water partition coefficient (Wildman–Crippen LogP) is 2.46. The molecule has 0 unspecified atom stereocenters. The van der Waals surface area contributed by atoms with Crippen LogP contribution in [0.1, 0.15) is 13.8 Å². The summed E-state index contributed by atoms with van der Waals surface area (Å²) in [5.74, 6) is 11.6. The fraction of sp³-hybridized carbons (Fsp3) is 0.200.